The van der Waals surface area contributed by atoms with Crippen LogP contribution in [0.15, 0.2) is 24.0 Å². The van der Waals surface area contributed by atoms with E-state index in [1.165, 1.54) is 26.1 Å². The van der Waals surface area contributed by atoms with Crippen LogP contribution in [0.25, 0.3) is 0 Å². The first-order valence-electron chi connectivity index (χ1n) is 8.71. The highest BCUT2D eigenvalue weighted by atomic mass is 19.4. The minimum atomic E-state index is -4.80. The Morgan fingerprint density at radius 3 is 2.53 bits per heavy atom. The Morgan fingerprint density at radius 2 is 2.00 bits per heavy atom. The SMILES string of the molecule is CNC(=O)c1cc(C#N)cc(C)c1NC(=O)C(=O)C=C(Cn1nnc(C(F)(F)F)n1)OC. The number of ketones is 1. The number of nitrogens with one attached hydrogen (secondary N) is 2. The van der Waals surface area contributed by atoms with Gasteiger partial charge in [-0.1, -0.05) is 0 Å². The van der Waals surface area contributed by atoms with Crippen LogP contribution >= 0.6 is 0 Å². The van der Waals surface area contributed by atoms with Crippen molar-refractivity contribution in [2.75, 3.05) is 19.5 Å². The standard InChI is InChI=1S/C18H16F3N7O4/c1-9-4-10(7-22)5-12(15(30)23-2)14(9)24-16(31)13(29)6-11(32-3)8-28-26-17(25-27-28)18(19,20)21/h4-6H,8H2,1-3H3,(H,23,30)(H,24,31). The Balaban J connectivity index is 2.24. The van der Waals surface area contributed by atoms with E-state index in [4.69, 9.17) is 10.00 Å². The lowest BCUT2D eigenvalue weighted by Gasteiger charge is -2.13. The van der Waals surface area contributed by atoms with Gasteiger partial charge in [-0.05, 0) is 29.8 Å². The van der Waals surface area contributed by atoms with Crippen molar-refractivity contribution in [1.82, 2.24) is 25.5 Å². The fourth-order valence-corrected chi connectivity index (χ4v) is 2.45. The highest BCUT2D eigenvalue weighted by Gasteiger charge is 2.36. The third-order valence-electron chi connectivity index (χ3n) is 3.96. The molecule has 0 spiro atoms. The van der Waals surface area contributed by atoms with Crippen molar-refractivity contribution in [3.05, 3.63) is 46.5 Å². The highest BCUT2D eigenvalue weighted by Crippen LogP contribution is 2.25. The summed E-state index contributed by atoms with van der Waals surface area (Å²) in [5.41, 5.74) is 0.506. The number of amides is 2. The van der Waals surface area contributed by atoms with Gasteiger partial charge in [0, 0.05) is 13.1 Å². The molecule has 0 aliphatic carbocycles. The summed E-state index contributed by atoms with van der Waals surface area (Å²) in [5, 5.41) is 22.9. The summed E-state index contributed by atoms with van der Waals surface area (Å²) in [7, 11) is 2.48. The second-order valence-corrected chi connectivity index (χ2v) is 6.18. The molecule has 0 radical (unpaired) electrons. The van der Waals surface area contributed by atoms with Gasteiger partial charge in [0.1, 0.15) is 12.3 Å². The monoisotopic (exact) mass is 451 g/mol. The predicted octanol–water partition coefficient (Wildman–Crippen LogP) is 0.970. The zero-order valence-corrected chi connectivity index (χ0v) is 16.9. The molecule has 14 heteroatoms. The molecule has 0 bridgehead atoms. The molecule has 2 rings (SSSR count). The average Bonchev–Trinajstić information content (AvgIpc) is 3.22. The number of tetrazole rings is 1. The summed E-state index contributed by atoms with van der Waals surface area (Å²) in [4.78, 5) is 37.3. The number of alkyl halides is 3. The van der Waals surface area contributed by atoms with E-state index < -0.39 is 36.1 Å². The zero-order chi connectivity index (χ0) is 24.1. The molecule has 1 aromatic carbocycles. The fourth-order valence-electron chi connectivity index (χ4n) is 2.45. The second-order valence-electron chi connectivity index (χ2n) is 6.18. The van der Waals surface area contributed by atoms with Gasteiger partial charge in [-0.2, -0.15) is 23.2 Å². The van der Waals surface area contributed by atoms with Crippen LogP contribution in [0.5, 0.6) is 0 Å². The molecule has 0 aliphatic heterocycles. The molecule has 168 valence electrons. The fraction of sp³-hybridized carbons (Fsp3) is 0.278. The minimum absolute atomic E-state index is 0.0156. The van der Waals surface area contributed by atoms with Crippen LogP contribution in [0.3, 0.4) is 0 Å². The molecule has 2 N–H and O–H groups in total. The van der Waals surface area contributed by atoms with Crippen LogP contribution in [0, 0.1) is 18.3 Å². The van der Waals surface area contributed by atoms with Gasteiger partial charge in [0.2, 0.25) is 5.78 Å². The number of aromatic nitrogens is 4. The smallest absolute Gasteiger partial charge is 0.455 e. The van der Waals surface area contributed by atoms with Gasteiger partial charge in [-0.15, -0.1) is 10.2 Å². The number of nitrogens with zero attached hydrogens (tertiary/aromatic N) is 5. The van der Waals surface area contributed by atoms with Crippen molar-refractivity contribution in [2.24, 2.45) is 0 Å². The van der Waals surface area contributed by atoms with E-state index in [1.807, 2.05) is 6.07 Å². The van der Waals surface area contributed by atoms with Gasteiger partial charge in [-0.25, -0.2) is 0 Å². The first-order chi connectivity index (χ1) is 15.0. The Morgan fingerprint density at radius 1 is 1.31 bits per heavy atom. The lowest BCUT2D eigenvalue weighted by atomic mass is 10.0. The van der Waals surface area contributed by atoms with E-state index in [0.29, 0.717) is 10.4 Å². The molecule has 2 aromatic rings. The van der Waals surface area contributed by atoms with Gasteiger partial charge < -0.3 is 15.4 Å². The first kappa shape index (κ1) is 24.0. The lowest BCUT2D eigenvalue weighted by molar-refractivity contribution is -0.145. The molecule has 1 aromatic heterocycles. The van der Waals surface area contributed by atoms with Crippen LogP contribution in [0.2, 0.25) is 0 Å². The van der Waals surface area contributed by atoms with Gasteiger partial charge in [0.15, 0.2) is 0 Å². The molecule has 1 heterocycles. The molecule has 0 fully saturated rings. The largest absolute Gasteiger partial charge is 0.499 e. The molecule has 0 unspecified atom stereocenters. The van der Waals surface area contributed by atoms with E-state index in [1.54, 1.807) is 0 Å². The van der Waals surface area contributed by atoms with Crippen molar-refractivity contribution < 1.29 is 32.3 Å². The van der Waals surface area contributed by atoms with Crippen molar-refractivity contribution in [1.29, 1.82) is 5.26 Å². The number of hydrogen-bond acceptors (Lipinski definition) is 8. The third kappa shape index (κ3) is 5.65. The Hall–Kier alpha value is -4.28. The van der Waals surface area contributed by atoms with Crippen molar-refractivity contribution in [3.8, 4) is 6.07 Å². The maximum Gasteiger partial charge on any atom is 0.455 e. The summed E-state index contributed by atoms with van der Waals surface area (Å²) in [6.45, 7) is 1.02. The second kappa shape index (κ2) is 9.69. The molecule has 2 amide bonds. The van der Waals surface area contributed by atoms with E-state index in [-0.39, 0.29) is 22.6 Å². The summed E-state index contributed by atoms with van der Waals surface area (Å²) in [6.07, 6.45) is -4.06. The molecule has 32 heavy (non-hydrogen) atoms. The summed E-state index contributed by atoms with van der Waals surface area (Å²) in [5.74, 6) is -4.57. The normalized spacial score (nSPS) is 11.5. The number of hydrogen-bond donors (Lipinski definition) is 2. The van der Waals surface area contributed by atoms with Crippen LogP contribution < -0.4 is 10.6 Å². The number of allylic oxidation sites excluding steroid dienone is 1. The number of carbonyl (C=O) groups excluding carboxylic acids is 3. The molecule has 0 saturated heterocycles. The Kier molecular flexibility index (Phi) is 7.26. The number of halogens is 3. The Labute approximate surface area is 178 Å². The van der Waals surface area contributed by atoms with Crippen molar-refractivity contribution in [2.45, 2.75) is 19.6 Å². The van der Waals surface area contributed by atoms with Crippen molar-refractivity contribution >= 4 is 23.3 Å². The maximum atomic E-state index is 12.6. The third-order valence-corrected chi connectivity index (χ3v) is 3.96. The van der Waals surface area contributed by atoms with Crippen LogP contribution in [0.4, 0.5) is 18.9 Å². The van der Waals surface area contributed by atoms with Gasteiger partial charge >= 0.3 is 6.18 Å². The topological polar surface area (TPSA) is 152 Å². The number of aryl methyl sites for hydroxylation is 1. The highest BCUT2D eigenvalue weighted by molar-refractivity contribution is 6.45. The Bertz CT molecular complexity index is 1130. The minimum Gasteiger partial charge on any atom is -0.499 e. The molecular weight excluding hydrogens is 435 g/mol. The summed E-state index contributed by atoms with van der Waals surface area (Å²) >= 11 is 0. The number of rotatable bonds is 7. The van der Waals surface area contributed by atoms with Gasteiger partial charge in [0.25, 0.3) is 17.6 Å². The number of benzene rings is 1. The van der Waals surface area contributed by atoms with Crippen LogP contribution in [-0.4, -0.2) is 52.0 Å². The molecule has 0 aliphatic rings. The molecule has 0 saturated carbocycles. The summed E-state index contributed by atoms with van der Waals surface area (Å²) < 4.78 is 42.6. The van der Waals surface area contributed by atoms with Crippen LogP contribution in [0.1, 0.15) is 27.3 Å². The summed E-state index contributed by atoms with van der Waals surface area (Å²) in [6, 6.07) is 4.54. The predicted molar refractivity (Wildman–Crippen MR) is 101 cm³/mol. The molecule has 11 nitrogen and oxygen atoms in total. The number of anilines is 1. The first-order valence-corrected chi connectivity index (χ1v) is 8.71. The lowest BCUT2D eigenvalue weighted by Crippen LogP contribution is -2.26. The quantitative estimate of drug-likeness (QED) is 0.359. The molecular formula is C18H16F3N7O4. The number of carbonyl (C=O) groups is 3. The zero-order valence-electron chi connectivity index (χ0n) is 16.9. The van der Waals surface area contributed by atoms with Gasteiger partial charge in [-0.3, -0.25) is 14.4 Å². The van der Waals surface area contributed by atoms with E-state index in [9.17, 15) is 27.6 Å². The van der Waals surface area contributed by atoms with Gasteiger partial charge in [0.05, 0.1) is 30.0 Å². The van der Waals surface area contributed by atoms with Crippen molar-refractivity contribution in [3.63, 3.8) is 0 Å². The van der Waals surface area contributed by atoms with Crippen LogP contribution in [-0.2, 0) is 27.0 Å². The average molecular weight is 451 g/mol. The number of nitriles is 1. The number of ether oxygens (including phenoxy) is 1. The molecule has 0 atom stereocenters. The number of methoxy groups -OCH3 is 1. The van der Waals surface area contributed by atoms with E-state index >= 15 is 0 Å². The van der Waals surface area contributed by atoms with E-state index in [0.717, 1.165) is 13.2 Å². The maximum absolute atomic E-state index is 12.6. The van der Waals surface area contributed by atoms with E-state index in [2.05, 4.69) is 26.0 Å².